The number of rotatable bonds is 7. The summed E-state index contributed by atoms with van der Waals surface area (Å²) in [4.78, 5) is 25.8. The van der Waals surface area contributed by atoms with Gasteiger partial charge in [0.2, 0.25) is 0 Å². The van der Waals surface area contributed by atoms with Gasteiger partial charge in [0.15, 0.2) is 0 Å². The number of anilines is 2. The van der Waals surface area contributed by atoms with Crippen molar-refractivity contribution in [2.24, 2.45) is 0 Å². The van der Waals surface area contributed by atoms with Gasteiger partial charge in [-0.05, 0) is 67.4 Å². The summed E-state index contributed by atoms with van der Waals surface area (Å²) in [5.74, 6) is 0.492. The van der Waals surface area contributed by atoms with Crippen LogP contribution in [-0.4, -0.2) is 28.7 Å². The lowest BCUT2D eigenvalue weighted by atomic mass is 10.1. The number of ether oxygens (including phenoxy) is 1. The fourth-order valence-electron chi connectivity index (χ4n) is 3.75. The van der Waals surface area contributed by atoms with Crippen LogP contribution in [0.5, 0.6) is 5.75 Å². The van der Waals surface area contributed by atoms with Crippen molar-refractivity contribution in [3.8, 4) is 11.4 Å². The van der Waals surface area contributed by atoms with Gasteiger partial charge in [0.1, 0.15) is 11.4 Å². The van der Waals surface area contributed by atoms with E-state index in [0.29, 0.717) is 34.3 Å². The molecule has 3 aromatic carbocycles. The number of carbonyl (C=O) groups is 2. The Kier molecular flexibility index (Phi) is 5.82. The predicted molar refractivity (Wildman–Crippen MR) is 131 cm³/mol. The Labute approximate surface area is 197 Å². The number of aromatic nitrogens is 2. The molecule has 0 saturated heterocycles. The van der Waals surface area contributed by atoms with Gasteiger partial charge in [-0.15, -0.1) is 0 Å². The molecule has 2 amide bonds. The third-order valence-electron chi connectivity index (χ3n) is 5.72. The third-order valence-corrected chi connectivity index (χ3v) is 5.72. The Bertz CT molecular complexity index is 1330. The summed E-state index contributed by atoms with van der Waals surface area (Å²) in [5.41, 5.74) is 3.90. The van der Waals surface area contributed by atoms with Crippen molar-refractivity contribution in [2.75, 3.05) is 17.7 Å². The average molecular weight is 453 g/mol. The molecule has 0 radical (unpaired) electrons. The monoisotopic (exact) mass is 452 g/mol. The van der Waals surface area contributed by atoms with Gasteiger partial charge in [0, 0.05) is 17.2 Å². The summed E-state index contributed by atoms with van der Waals surface area (Å²) in [6.07, 6.45) is 2.20. The van der Waals surface area contributed by atoms with Crippen molar-refractivity contribution in [1.29, 1.82) is 0 Å². The minimum atomic E-state index is -0.265. The molecule has 170 valence electrons. The molecule has 7 heteroatoms. The summed E-state index contributed by atoms with van der Waals surface area (Å²) in [6.45, 7) is 0. The van der Waals surface area contributed by atoms with Crippen LogP contribution in [0.4, 0.5) is 11.4 Å². The van der Waals surface area contributed by atoms with Crippen molar-refractivity contribution in [3.63, 3.8) is 0 Å². The van der Waals surface area contributed by atoms with E-state index in [1.807, 2.05) is 48.5 Å². The van der Waals surface area contributed by atoms with Crippen LogP contribution in [0.1, 0.15) is 45.3 Å². The van der Waals surface area contributed by atoms with Crippen molar-refractivity contribution in [2.45, 2.75) is 18.8 Å². The molecule has 1 heterocycles. The van der Waals surface area contributed by atoms with Gasteiger partial charge >= 0.3 is 0 Å². The first-order chi connectivity index (χ1) is 16.6. The first-order valence-corrected chi connectivity index (χ1v) is 11.1. The minimum absolute atomic E-state index is 0.255. The molecule has 1 saturated carbocycles. The van der Waals surface area contributed by atoms with Gasteiger partial charge in [-0.3, -0.25) is 9.59 Å². The Morgan fingerprint density at radius 3 is 2.29 bits per heavy atom. The maximum absolute atomic E-state index is 13.1. The first-order valence-electron chi connectivity index (χ1n) is 11.1. The van der Waals surface area contributed by atoms with E-state index in [4.69, 9.17) is 4.74 Å². The van der Waals surface area contributed by atoms with Crippen molar-refractivity contribution in [1.82, 2.24) is 9.78 Å². The van der Waals surface area contributed by atoms with Crippen LogP contribution in [0, 0.1) is 0 Å². The van der Waals surface area contributed by atoms with Crippen molar-refractivity contribution < 1.29 is 14.3 Å². The van der Waals surface area contributed by atoms with E-state index in [1.54, 1.807) is 48.2 Å². The van der Waals surface area contributed by atoms with Crippen LogP contribution in [-0.2, 0) is 0 Å². The summed E-state index contributed by atoms with van der Waals surface area (Å²) in [6, 6.07) is 25.5. The highest BCUT2D eigenvalue weighted by atomic mass is 16.5. The van der Waals surface area contributed by atoms with Gasteiger partial charge in [-0.25, -0.2) is 4.68 Å². The quantitative estimate of drug-likeness (QED) is 0.400. The van der Waals surface area contributed by atoms with Crippen LogP contribution in [0.2, 0.25) is 0 Å². The lowest BCUT2D eigenvalue weighted by Gasteiger charge is -2.11. The molecule has 34 heavy (non-hydrogen) atoms. The third kappa shape index (κ3) is 4.54. The molecule has 2 N–H and O–H groups in total. The molecule has 1 aliphatic rings. The summed E-state index contributed by atoms with van der Waals surface area (Å²) in [7, 11) is 1.56. The zero-order valence-corrected chi connectivity index (χ0v) is 18.7. The van der Waals surface area contributed by atoms with Gasteiger partial charge in [-0.1, -0.05) is 30.3 Å². The molecular formula is C27H24N4O3. The zero-order valence-electron chi connectivity index (χ0n) is 18.7. The second-order valence-corrected chi connectivity index (χ2v) is 8.16. The van der Waals surface area contributed by atoms with E-state index in [2.05, 4.69) is 15.7 Å². The van der Waals surface area contributed by atoms with Crippen LogP contribution in [0.3, 0.4) is 0 Å². The lowest BCUT2D eigenvalue weighted by Crippen LogP contribution is -2.17. The molecule has 5 rings (SSSR count). The molecule has 0 bridgehead atoms. The van der Waals surface area contributed by atoms with Crippen LogP contribution in [0.25, 0.3) is 5.69 Å². The molecule has 1 aliphatic carbocycles. The van der Waals surface area contributed by atoms with Crippen LogP contribution >= 0.6 is 0 Å². The molecule has 0 aliphatic heterocycles. The molecule has 0 unspecified atom stereocenters. The van der Waals surface area contributed by atoms with Gasteiger partial charge in [0.05, 0.1) is 24.2 Å². The Hall–Kier alpha value is -4.39. The standard InChI is InChI=1S/C27H24N4O3/c1-34-25-10-6-5-9-22(25)29-26(32)19-13-15-20(16-14-19)28-27(33)24-17-23(18-11-12-18)30-31(24)21-7-3-2-4-8-21/h2-10,13-18H,11-12H2,1H3,(H,28,33)(H,29,32). The van der Waals surface area contributed by atoms with Gasteiger partial charge < -0.3 is 15.4 Å². The Morgan fingerprint density at radius 1 is 0.882 bits per heavy atom. The van der Waals surface area contributed by atoms with Gasteiger partial charge in [0.25, 0.3) is 11.8 Å². The number of carbonyl (C=O) groups excluding carboxylic acids is 2. The molecule has 0 spiro atoms. The smallest absolute Gasteiger partial charge is 0.274 e. The second kappa shape index (κ2) is 9.23. The normalized spacial score (nSPS) is 12.7. The number of nitrogens with one attached hydrogen (secondary N) is 2. The fraction of sp³-hybridized carbons (Fsp3) is 0.148. The number of amides is 2. The molecule has 1 aromatic heterocycles. The molecular weight excluding hydrogens is 428 g/mol. The number of para-hydroxylation sites is 3. The highest BCUT2D eigenvalue weighted by Gasteiger charge is 2.29. The predicted octanol–water partition coefficient (Wildman–Crippen LogP) is 5.26. The van der Waals surface area contributed by atoms with E-state index in [0.717, 1.165) is 24.2 Å². The number of nitrogens with zero attached hydrogens (tertiary/aromatic N) is 2. The number of hydrogen-bond acceptors (Lipinski definition) is 4. The van der Waals surface area contributed by atoms with Crippen LogP contribution < -0.4 is 15.4 Å². The van der Waals surface area contributed by atoms with E-state index >= 15 is 0 Å². The summed E-state index contributed by atoms with van der Waals surface area (Å²) in [5, 5.41) is 10.5. The zero-order chi connectivity index (χ0) is 23.5. The molecule has 0 atom stereocenters. The highest BCUT2D eigenvalue weighted by molar-refractivity contribution is 6.06. The number of hydrogen-bond donors (Lipinski definition) is 2. The summed E-state index contributed by atoms with van der Waals surface area (Å²) >= 11 is 0. The topological polar surface area (TPSA) is 85.2 Å². The van der Waals surface area contributed by atoms with E-state index < -0.39 is 0 Å². The van der Waals surface area contributed by atoms with Crippen LogP contribution in [0.15, 0.2) is 84.9 Å². The largest absolute Gasteiger partial charge is 0.495 e. The van der Waals surface area contributed by atoms with E-state index in [9.17, 15) is 9.59 Å². The van der Waals surface area contributed by atoms with Crippen molar-refractivity contribution >= 4 is 23.2 Å². The Morgan fingerprint density at radius 2 is 1.59 bits per heavy atom. The molecule has 1 fully saturated rings. The van der Waals surface area contributed by atoms with Gasteiger partial charge in [-0.2, -0.15) is 5.10 Å². The number of benzene rings is 3. The maximum Gasteiger partial charge on any atom is 0.274 e. The molecule has 7 nitrogen and oxygen atoms in total. The average Bonchev–Trinajstić information content (AvgIpc) is 3.63. The first kappa shape index (κ1) is 21.5. The molecule has 4 aromatic rings. The van der Waals surface area contributed by atoms with E-state index in [1.165, 1.54) is 0 Å². The van der Waals surface area contributed by atoms with Crippen molar-refractivity contribution in [3.05, 3.63) is 102 Å². The fourth-order valence-corrected chi connectivity index (χ4v) is 3.75. The number of methoxy groups -OCH3 is 1. The Balaban J connectivity index is 1.32. The second-order valence-electron chi connectivity index (χ2n) is 8.16. The maximum atomic E-state index is 13.1. The minimum Gasteiger partial charge on any atom is -0.495 e. The van der Waals surface area contributed by atoms with E-state index in [-0.39, 0.29) is 11.8 Å². The lowest BCUT2D eigenvalue weighted by molar-refractivity contribution is 0.101. The highest BCUT2D eigenvalue weighted by Crippen LogP contribution is 2.39. The SMILES string of the molecule is COc1ccccc1NC(=O)c1ccc(NC(=O)c2cc(C3CC3)nn2-c2ccccc2)cc1. The summed E-state index contributed by atoms with van der Waals surface area (Å²) < 4.78 is 6.97.